The van der Waals surface area contributed by atoms with Gasteiger partial charge in [0.2, 0.25) is 0 Å². The van der Waals surface area contributed by atoms with Crippen LogP contribution in [0.1, 0.15) is 10.4 Å². The van der Waals surface area contributed by atoms with Crippen molar-refractivity contribution in [3.8, 4) is 16.9 Å². The number of ether oxygens (including phenoxy) is 1. The molecule has 0 radical (unpaired) electrons. The van der Waals surface area contributed by atoms with Gasteiger partial charge in [0.15, 0.2) is 0 Å². The minimum atomic E-state index is -4.81. The molecule has 1 fully saturated rings. The number of rotatable bonds is 5. The maximum atomic E-state index is 12.8. The summed E-state index contributed by atoms with van der Waals surface area (Å²) in [4.78, 5) is 26.8. The lowest BCUT2D eigenvalue weighted by molar-refractivity contribution is -0.274. The molecule has 1 aliphatic rings. The molecular formula is C21H18F3N5O4. The van der Waals surface area contributed by atoms with Crippen LogP contribution in [-0.4, -0.2) is 62.7 Å². The highest BCUT2D eigenvalue weighted by molar-refractivity contribution is 6.05. The number of amides is 1. The van der Waals surface area contributed by atoms with E-state index in [4.69, 9.17) is 0 Å². The lowest BCUT2D eigenvalue weighted by atomic mass is 10.1. The molecule has 2 atom stereocenters. The monoisotopic (exact) mass is 461 g/mol. The topological polar surface area (TPSA) is 121 Å². The van der Waals surface area contributed by atoms with Crippen molar-refractivity contribution in [2.24, 2.45) is 0 Å². The van der Waals surface area contributed by atoms with Crippen LogP contribution >= 0.6 is 0 Å². The van der Waals surface area contributed by atoms with Gasteiger partial charge in [0.25, 0.3) is 5.91 Å². The number of aromatic nitrogens is 3. The first-order chi connectivity index (χ1) is 15.7. The molecule has 3 aromatic rings. The number of β-amino-alcohol motifs (C(OH)–C–C–N with tert-alkyl or cyclic N) is 2. The summed E-state index contributed by atoms with van der Waals surface area (Å²) in [6.07, 6.45) is -0.914. The van der Waals surface area contributed by atoms with Crippen molar-refractivity contribution < 1.29 is 32.9 Å². The number of aliphatic hydroxyl groups excluding tert-OH is 2. The summed E-state index contributed by atoms with van der Waals surface area (Å²) in [5.41, 5.74) is 1.51. The van der Waals surface area contributed by atoms with E-state index in [0.29, 0.717) is 16.9 Å². The number of anilines is 2. The summed E-state index contributed by atoms with van der Waals surface area (Å²) in [5.74, 6) is -0.517. The number of alkyl halides is 3. The standard InChI is InChI=1S/C21H18F3N5O4/c22-21(23,24)33-15-3-1-14(2-4-15)28-20(32)12-5-16(13-6-25-11-26-7-13)19(27-8-12)29-9-17(30)18(31)10-29/h1-8,11,17-18,30-31H,9-10H2,(H,28,32)/t17-,18-/m0/s1. The number of halogens is 3. The second kappa shape index (κ2) is 9.00. The molecule has 1 amide bonds. The summed E-state index contributed by atoms with van der Waals surface area (Å²) in [5, 5.41) is 22.4. The summed E-state index contributed by atoms with van der Waals surface area (Å²) >= 11 is 0. The summed E-state index contributed by atoms with van der Waals surface area (Å²) in [7, 11) is 0. The molecule has 3 heterocycles. The average molecular weight is 461 g/mol. The number of nitrogens with one attached hydrogen (secondary N) is 1. The zero-order valence-corrected chi connectivity index (χ0v) is 16.9. The second-order valence-corrected chi connectivity index (χ2v) is 7.29. The lowest BCUT2D eigenvalue weighted by Crippen LogP contribution is -2.23. The molecule has 33 heavy (non-hydrogen) atoms. The van der Waals surface area contributed by atoms with Crippen LogP contribution in [0.15, 0.2) is 55.2 Å². The van der Waals surface area contributed by atoms with Gasteiger partial charge in [-0.05, 0) is 30.3 Å². The van der Waals surface area contributed by atoms with Crippen LogP contribution in [-0.2, 0) is 0 Å². The van der Waals surface area contributed by atoms with Crippen LogP contribution < -0.4 is 15.0 Å². The van der Waals surface area contributed by atoms with Gasteiger partial charge in [0, 0.05) is 48.5 Å². The number of hydrogen-bond acceptors (Lipinski definition) is 8. The Balaban J connectivity index is 1.58. The Morgan fingerprint density at radius 1 is 1.06 bits per heavy atom. The van der Waals surface area contributed by atoms with E-state index in [1.54, 1.807) is 11.0 Å². The Kier molecular flexibility index (Phi) is 6.11. The summed E-state index contributed by atoms with van der Waals surface area (Å²) in [6.45, 7) is 0.319. The highest BCUT2D eigenvalue weighted by Crippen LogP contribution is 2.32. The predicted octanol–water partition coefficient (Wildman–Crippen LogP) is 2.23. The molecule has 1 saturated heterocycles. The third-order valence-electron chi connectivity index (χ3n) is 4.90. The molecule has 4 rings (SSSR count). The van der Waals surface area contributed by atoms with E-state index in [2.05, 4.69) is 25.0 Å². The maximum absolute atomic E-state index is 12.8. The van der Waals surface area contributed by atoms with Gasteiger partial charge in [0.05, 0.1) is 17.8 Å². The van der Waals surface area contributed by atoms with Gasteiger partial charge in [-0.2, -0.15) is 0 Å². The molecular weight excluding hydrogens is 443 g/mol. The van der Waals surface area contributed by atoms with Crippen molar-refractivity contribution in [3.05, 3.63) is 60.8 Å². The average Bonchev–Trinajstić information content (AvgIpc) is 3.12. The first-order valence-corrected chi connectivity index (χ1v) is 9.73. The van der Waals surface area contributed by atoms with Crippen LogP contribution in [0.4, 0.5) is 24.7 Å². The number of aliphatic hydroxyl groups is 2. The quantitative estimate of drug-likeness (QED) is 0.529. The van der Waals surface area contributed by atoms with Crippen molar-refractivity contribution in [1.82, 2.24) is 15.0 Å². The van der Waals surface area contributed by atoms with Gasteiger partial charge in [-0.1, -0.05) is 0 Å². The minimum absolute atomic E-state index is 0.159. The Morgan fingerprint density at radius 3 is 2.30 bits per heavy atom. The number of carbonyl (C=O) groups excluding carboxylic acids is 1. The van der Waals surface area contributed by atoms with Gasteiger partial charge in [0.1, 0.15) is 17.9 Å². The first-order valence-electron chi connectivity index (χ1n) is 9.73. The fraction of sp³-hybridized carbons (Fsp3) is 0.238. The van der Waals surface area contributed by atoms with Crippen molar-refractivity contribution in [1.29, 1.82) is 0 Å². The van der Waals surface area contributed by atoms with Crippen LogP contribution in [0, 0.1) is 0 Å². The van der Waals surface area contributed by atoms with Crippen molar-refractivity contribution in [3.63, 3.8) is 0 Å². The van der Waals surface area contributed by atoms with Gasteiger partial charge in [-0.15, -0.1) is 13.2 Å². The van der Waals surface area contributed by atoms with Crippen LogP contribution in [0.5, 0.6) is 5.75 Å². The molecule has 3 N–H and O–H groups in total. The molecule has 0 bridgehead atoms. The van der Waals surface area contributed by atoms with E-state index in [0.717, 1.165) is 12.1 Å². The molecule has 0 aliphatic carbocycles. The van der Waals surface area contributed by atoms with Gasteiger partial charge >= 0.3 is 6.36 Å². The second-order valence-electron chi connectivity index (χ2n) is 7.29. The van der Waals surface area contributed by atoms with E-state index in [1.165, 1.54) is 37.1 Å². The molecule has 1 aliphatic heterocycles. The van der Waals surface area contributed by atoms with E-state index >= 15 is 0 Å². The van der Waals surface area contributed by atoms with E-state index < -0.39 is 30.2 Å². The normalized spacial score (nSPS) is 18.3. The molecule has 9 nitrogen and oxygen atoms in total. The Bertz CT molecular complexity index is 1120. The molecule has 0 spiro atoms. The minimum Gasteiger partial charge on any atom is -0.406 e. The Hall–Kier alpha value is -3.77. The zero-order chi connectivity index (χ0) is 23.6. The number of hydrogen-bond donors (Lipinski definition) is 3. The van der Waals surface area contributed by atoms with Crippen LogP contribution in [0.2, 0.25) is 0 Å². The highest BCUT2D eigenvalue weighted by Gasteiger charge is 2.32. The number of benzene rings is 1. The number of carbonyl (C=O) groups is 1. The zero-order valence-electron chi connectivity index (χ0n) is 16.9. The SMILES string of the molecule is O=C(Nc1ccc(OC(F)(F)F)cc1)c1cnc(N2C[C@H](O)[C@@H](O)C2)c(-c2cncnc2)c1. The van der Waals surface area contributed by atoms with E-state index in [9.17, 15) is 28.2 Å². The molecule has 1 aromatic carbocycles. The molecule has 0 saturated carbocycles. The lowest BCUT2D eigenvalue weighted by Gasteiger charge is -2.20. The van der Waals surface area contributed by atoms with Crippen molar-refractivity contribution >= 4 is 17.4 Å². The van der Waals surface area contributed by atoms with Gasteiger partial charge in [-0.3, -0.25) is 4.79 Å². The third kappa shape index (κ3) is 5.35. The highest BCUT2D eigenvalue weighted by atomic mass is 19.4. The van der Waals surface area contributed by atoms with Crippen LogP contribution in [0.3, 0.4) is 0 Å². The fourth-order valence-electron chi connectivity index (χ4n) is 3.37. The summed E-state index contributed by atoms with van der Waals surface area (Å²) in [6, 6.07) is 6.29. The first kappa shape index (κ1) is 22.4. The largest absolute Gasteiger partial charge is 0.573 e. The maximum Gasteiger partial charge on any atom is 0.573 e. The number of nitrogens with zero attached hydrogens (tertiary/aromatic N) is 4. The van der Waals surface area contributed by atoms with E-state index in [1.807, 2.05) is 0 Å². The fourth-order valence-corrected chi connectivity index (χ4v) is 3.37. The molecule has 172 valence electrons. The van der Waals surface area contributed by atoms with Crippen LogP contribution in [0.25, 0.3) is 11.1 Å². The molecule has 12 heteroatoms. The van der Waals surface area contributed by atoms with Crippen molar-refractivity contribution in [2.75, 3.05) is 23.3 Å². The summed E-state index contributed by atoms with van der Waals surface area (Å²) < 4.78 is 40.7. The van der Waals surface area contributed by atoms with Gasteiger partial charge in [-0.25, -0.2) is 15.0 Å². The number of pyridine rings is 1. The van der Waals surface area contributed by atoms with Gasteiger partial charge < -0.3 is 25.2 Å². The Morgan fingerprint density at radius 2 is 1.70 bits per heavy atom. The smallest absolute Gasteiger partial charge is 0.406 e. The Labute approximate surface area is 185 Å². The third-order valence-corrected chi connectivity index (χ3v) is 4.90. The molecule has 0 unspecified atom stereocenters. The van der Waals surface area contributed by atoms with E-state index in [-0.39, 0.29) is 24.3 Å². The predicted molar refractivity (Wildman–Crippen MR) is 111 cm³/mol. The van der Waals surface area contributed by atoms with Crippen molar-refractivity contribution in [2.45, 2.75) is 18.6 Å². The molecule has 2 aromatic heterocycles.